The highest BCUT2D eigenvalue weighted by Gasteiger charge is 2.21. The monoisotopic (exact) mass is 533 g/mol. The van der Waals surface area contributed by atoms with Gasteiger partial charge in [-0.1, -0.05) is 12.1 Å². The van der Waals surface area contributed by atoms with Crippen LogP contribution < -0.4 is 10.6 Å². The number of anilines is 2. The molecular formula is C26H31N9O4. The van der Waals surface area contributed by atoms with Crippen molar-refractivity contribution in [2.45, 2.75) is 25.4 Å². The Kier molecular flexibility index (Phi) is 9.56. The lowest BCUT2D eigenvalue weighted by molar-refractivity contribution is -0.134. The smallest absolute Gasteiger partial charge is 0.328 e. The largest absolute Gasteiger partial charge is 0.478 e. The van der Waals surface area contributed by atoms with E-state index < -0.39 is 11.9 Å². The van der Waals surface area contributed by atoms with E-state index in [9.17, 15) is 9.59 Å². The van der Waals surface area contributed by atoms with Crippen molar-refractivity contribution in [3.05, 3.63) is 72.8 Å². The molecule has 0 bridgehead atoms. The minimum Gasteiger partial charge on any atom is -0.478 e. The third-order valence-corrected chi connectivity index (χ3v) is 6.12. The van der Waals surface area contributed by atoms with E-state index in [-0.39, 0.29) is 0 Å². The van der Waals surface area contributed by atoms with Gasteiger partial charge in [-0.15, -0.1) is 0 Å². The number of likely N-dealkylation sites (tertiary alicyclic amines) is 1. The number of nitrogens with zero attached hydrogens (tertiary/aromatic N) is 6. The topological polar surface area (TPSA) is 174 Å². The fourth-order valence-corrected chi connectivity index (χ4v) is 4.23. The van der Waals surface area contributed by atoms with E-state index in [4.69, 9.17) is 15.2 Å². The standard InChI is InChI=1S/C22H27N9.C4H4O4/c1-2-5-20-19(4-1)29-22(31(20)16-17-14-26-27-15-17)28-18-6-11-30(12-7-18)13-10-25-21-23-8-3-9-24-21;5-3(6)1-2-4(7)8/h1-5,8-9,14-15,18H,6-7,10-13,16H2,(H,26,27)(H,28,29)(H,23,24,25);1-2H,(H,5,6)(H,7,8)/b;2-1+. The van der Waals surface area contributed by atoms with Gasteiger partial charge in [-0.05, 0) is 31.0 Å². The molecule has 0 unspecified atom stereocenters. The van der Waals surface area contributed by atoms with E-state index in [1.54, 1.807) is 12.4 Å². The number of rotatable bonds is 10. The van der Waals surface area contributed by atoms with E-state index in [0.29, 0.717) is 24.1 Å². The lowest BCUT2D eigenvalue weighted by atomic mass is 10.1. The Morgan fingerprint density at radius 2 is 1.77 bits per heavy atom. The number of para-hydroxylation sites is 2. The molecule has 4 heterocycles. The number of aliphatic carboxylic acids is 2. The summed E-state index contributed by atoms with van der Waals surface area (Å²) in [6.07, 6.45) is 10.6. The average Bonchev–Trinajstić information content (AvgIpc) is 3.58. The number of piperidine rings is 1. The molecule has 1 aliphatic heterocycles. The van der Waals surface area contributed by atoms with Crippen molar-refractivity contribution >= 4 is 34.9 Å². The zero-order valence-electron chi connectivity index (χ0n) is 21.3. The highest BCUT2D eigenvalue weighted by Crippen LogP contribution is 2.23. The van der Waals surface area contributed by atoms with E-state index in [2.05, 4.69) is 58.5 Å². The van der Waals surface area contributed by atoms with Crippen LogP contribution in [-0.4, -0.2) is 89.0 Å². The number of fused-ring (bicyclic) bond motifs is 1. The normalized spacial score (nSPS) is 14.2. The number of imidazole rings is 1. The molecule has 0 atom stereocenters. The minimum atomic E-state index is -1.26. The van der Waals surface area contributed by atoms with Gasteiger partial charge in [0.05, 0.1) is 23.8 Å². The summed E-state index contributed by atoms with van der Waals surface area (Å²) in [4.78, 5) is 34.9. The molecule has 0 amide bonds. The Morgan fingerprint density at radius 1 is 1.05 bits per heavy atom. The van der Waals surface area contributed by atoms with Crippen molar-refractivity contribution in [1.29, 1.82) is 0 Å². The third kappa shape index (κ3) is 8.36. The fourth-order valence-electron chi connectivity index (χ4n) is 4.23. The Hall–Kier alpha value is -4.78. The van der Waals surface area contributed by atoms with Crippen molar-refractivity contribution in [3.63, 3.8) is 0 Å². The van der Waals surface area contributed by atoms with Gasteiger partial charge in [0.25, 0.3) is 0 Å². The van der Waals surface area contributed by atoms with Gasteiger partial charge in [0.15, 0.2) is 0 Å². The van der Waals surface area contributed by atoms with E-state index in [1.165, 1.54) is 0 Å². The first-order valence-electron chi connectivity index (χ1n) is 12.5. The number of aromatic amines is 1. The molecule has 1 saturated heterocycles. The summed E-state index contributed by atoms with van der Waals surface area (Å²) in [5, 5.41) is 29.6. The molecule has 204 valence electrons. The third-order valence-electron chi connectivity index (χ3n) is 6.12. The van der Waals surface area contributed by atoms with Crippen LogP contribution in [0.1, 0.15) is 18.4 Å². The quantitative estimate of drug-likeness (QED) is 0.189. The van der Waals surface area contributed by atoms with Gasteiger partial charge in [0.2, 0.25) is 11.9 Å². The summed E-state index contributed by atoms with van der Waals surface area (Å²) in [6, 6.07) is 10.5. The molecule has 13 nitrogen and oxygen atoms in total. The average molecular weight is 534 g/mol. The van der Waals surface area contributed by atoms with Gasteiger partial charge in [-0.2, -0.15) is 5.10 Å². The summed E-state index contributed by atoms with van der Waals surface area (Å²) < 4.78 is 2.25. The molecule has 13 heteroatoms. The van der Waals surface area contributed by atoms with Crippen LogP contribution in [0, 0.1) is 0 Å². The van der Waals surface area contributed by atoms with Gasteiger partial charge >= 0.3 is 11.9 Å². The summed E-state index contributed by atoms with van der Waals surface area (Å²) in [5.41, 5.74) is 3.29. The van der Waals surface area contributed by atoms with Crippen LogP contribution >= 0.6 is 0 Å². The minimum absolute atomic E-state index is 0.418. The van der Waals surface area contributed by atoms with Crippen LogP contribution in [0.2, 0.25) is 0 Å². The molecular weight excluding hydrogens is 502 g/mol. The number of carboxylic acid groups (broad SMARTS) is 2. The highest BCUT2D eigenvalue weighted by molar-refractivity contribution is 5.89. The summed E-state index contributed by atoms with van der Waals surface area (Å²) >= 11 is 0. The van der Waals surface area contributed by atoms with E-state index in [1.807, 2.05) is 24.5 Å². The maximum atomic E-state index is 9.55. The summed E-state index contributed by atoms with van der Waals surface area (Å²) in [7, 11) is 0. The van der Waals surface area contributed by atoms with Crippen LogP contribution in [0.4, 0.5) is 11.9 Å². The second-order valence-corrected chi connectivity index (χ2v) is 8.89. The molecule has 5 rings (SSSR count). The Labute approximate surface area is 224 Å². The number of carboxylic acids is 2. The van der Waals surface area contributed by atoms with Gasteiger partial charge in [0.1, 0.15) is 0 Å². The van der Waals surface area contributed by atoms with Crippen LogP contribution in [0.15, 0.2) is 67.3 Å². The zero-order chi connectivity index (χ0) is 27.5. The van der Waals surface area contributed by atoms with Crippen LogP contribution in [0.5, 0.6) is 0 Å². The lowest BCUT2D eigenvalue weighted by Crippen LogP contribution is -2.41. The van der Waals surface area contributed by atoms with E-state index >= 15 is 0 Å². The molecule has 0 spiro atoms. The van der Waals surface area contributed by atoms with Crippen LogP contribution in [-0.2, 0) is 16.1 Å². The highest BCUT2D eigenvalue weighted by atomic mass is 16.4. The first-order chi connectivity index (χ1) is 19.0. The van der Waals surface area contributed by atoms with Crippen molar-refractivity contribution in [2.75, 3.05) is 36.8 Å². The lowest BCUT2D eigenvalue weighted by Gasteiger charge is -2.32. The molecule has 0 aliphatic carbocycles. The number of benzene rings is 1. The van der Waals surface area contributed by atoms with Gasteiger partial charge < -0.3 is 30.3 Å². The van der Waals surface area contributed by atoms with E-state index in [0.717, 1.165) is 68.1 Å². The summed E-state index contributed by atoms with van der Waals surface area (Å²) in [6.45, 7) is 4.71. The predicted octanol–water partition coefficient (Wildman–Crippen LogP) is 2.30. The SMILES string of the molecule is O=C(O)/C=C/C(=O)O.c1cnc(NCCN2CCC(Nc3nc4ccccc4n3Cc3cn[nH]c3)CC2)nc1. The summed E-state index contributed by atoms with van der Waals surface area (Å²) in [5.74, 6) is -0.890. The number of nitrogens with one attached hydrogen (secondary N) is 3. The fraction of sp³-hybridized carbons (Fsp3) is 0.308. The maximum Gasteiger partial charge on any atom is 0.328 e. The van der Waals surface area contributed by atoms with Crippen molar-refractivity contribution < 1.29 is 19.8 Å². The number of hydrogen-bond donors (Lipinski definition) is 5. The molecule has 1 aliphatic rings. The number of H-pyrrole nitrogens is 1. The molecule has 0 saturated carbocycles. The Morgan fingerprint density at radius 3 is 2.44 bits per heavy atom. The second kappa shape index (κ2) is 13.7. The van der Waals surface area contributed by atoms with Crippen LogP contribution in [0.3, 0.4) is 0 Å². The molecule has 39 heavy (non-hydrogen) atoms. The Balaban J connectivity index is 0.000000386. The Bertz CT molecular complexity index is 1350. The molecule has 0 radical (unpaired) electrons. The zero-order valence-corrected chi connectivity index (χ0v) is 21.3. The molecule has 4 aromatic rings. The molecule has 1 fully saturated rings. The first-order valence-corrected chi connectivity index (χ1v) is 12.5. The van der Waals surface area contributed by atoms with Gasteiger partial charge in [-0.3, -0.25) is 5.10 Å². The van der Waals surface area contributed by atoms with Crippen molar-refractivity contribution in [3.8, 4) is 0 Å². The predicted molar refractivity (Wildman–Crippen MR) is 145 cm³/mol. The maximum absolute atomic E-state index is 9.55. The second-order valence-electron chi connectivity index (χ2n) is 8.89. The first kappa shape index (κ1) is 27.3. The molecule has 3 aromatic heterocycles. The van der Waals surface area contributed by atoms with Gasteiger partial charge in [-0.25, -0.2) is 24.5 Å². The van der Waals surface area contributed by atoms with Crippen molar-refractivity contribution in [1.82, 2.24) is 34.6 Å². The molecule has 5 N–H and O–H groups in total. The number of carbonyl (C=O) groups is 2. The molecule has 1 aromatic carbocycles. The van der Waals surface area contributed by atoms with Crippen LogP contribution in [0.25, 0.3) is 11.0 Å². The van der Waals surface area contributed by atoms with Gasteiger partial charge in [0, 0.05) is 68.5 Å². The number of aromatic nitrogens is 6. The number of hydrogen-bond acceptors (Lipinski definition) is 9. The van der Waals surface area contributed by atoms with Crippen molar-refractivity contribution in [2.24, 2.45) is 0 Å².